The Labute approximate surface area is 261 Å². The number of hydrogen-bond donors (Lipinski definition) is 4. The molecule has 0 saturated carbocycles. The Balaban J connectivity index is 1.52. The lowest BCUT2D eigenvalue weighted by Crippen LogP contribution is -2.57. The molecule has 0 aliphatic carbocycles. The predicted molar refractivity (Wildman–Crippen MR) is 172 cm³/mol. The van der Waals surface area contributed by atoms with Crippen LogP contribution in [0, 0.1) is 12.3 Å². The van der Waals surface area contributed by atoms with Crippen molar-refractivity contribution in [2.45, 2.75) is 123 Å². The fourth-order valence-electron chi connectivity index (χ4n) is 5.47. The molecule has 2 heterocycles. The number of nitrogens with zero attached hydrogens (tertiary/aromatic N) is 2. The lowest BCUT2D eigenvalue weighted by molar-refractivity contribution is -0.144. The van der Waals surface area contributed by atoms with E-state index in [1.54, 1.807) is 11.3 Å². The van der Waals surface area contributed by atoms with E-state index in [2.05, 4.69) is 15.6 Å². The lowest BCUT2D eigenvalue weighted by Gasteiger charge is -2.35. The topological polar surface area (TPSA) is 138 Å². The SMILES string of the molecule is Cc1ncsc1-c1ccc(CNC(=O)[C@@H]2C[C@@H](O)CN2C(=O)[C@@H](NC(=O)CCCCCCCCC(C)N)C(C)(C)C)cc1. The largest absolute Gasteiger partial charge is 0.391 e. The van der Waals surface area contributed by atoms with Crippen LogP contribution in [0.25, 0.3) is 10.4 Å². The number of aromatic nitrogens is 1. The number of nitrogens with two attached hydrogens (primary N) is 1. The van der Waals surface area contributed by atoms with Gasteiger partial charge in [-0.25, -0.2) is 4.98 Å². The average molecular weight is 614 g/mol. The van der Waals surface area contributed by atoms with Crippen molar-refractivity contribution in [3.63, 3.8) is 0 Å². The Morgan fingerprint density at radius 3 is 2.35 bits per heavy atom. The molecule has 5 N–H and O–H groups in total. The van der Waals surface area contributed by atoms with Crippen LogP contribution in [0.1, 0.15) is 96.7 Å². The zero-order valence-electron chi connectivity index (χ0n) is 26.5. The van der Waals surface area contributed by atoms with Crippen molar-refractivity contribution in [1.29, 1.82) is 0 Å². The summed E-state index contributed by atoms with van der Waals surface area (Å²) in [5.41, 5.74) is 10.1. The van der Waals surface area contributed by atoms with Crippen LogP contribution in [0.4, 0.5) is 0 Å². The monoisotopic (exact) mass is 613 g/mol. The van der Waals surface area contributed by atoms with Crippen molar-refractivity contribution < 1.29 is 19.5 Å². The Hall–Kier alpha value is -2.82. The molecule has 1 aromatic carbocycles. The Morgan fingerprint density at radius 2 is 1.74 bits per heavy atom. The van der Waals surface area contributed by atoms with Crippen LogP contribution in [0.2, 0.25) is 0 Å². The standard InChI is InChI=1S/C33H51N5O4S/c1-22(34)12-10-8-6-7-9-11-13-28(40)37-30(33(3,4)5)32(42)38-20-26(39)18-27(38)31(41)35-19-24-14-16-25(17-15-24)29-23(2)36-21-43-29/h14-17,21-22,26-27,30,39H,6-13,18-20,34H2,1-5H3,(H,35,41)(H,37,40)/t22?,26-,27+,30-/m1/s1. The number of hydrogen-bond acceptors (Lipinski definition) is 7. The number of rotatable bonds is 15. The van der Waals surface area contributed by atoms with E-state index >= 15 is 0 Å². The molecule has 3 rings (SSSR count). The predicted octanol–water partition coefficient (Wildman–Crippen LogP) is 4.70. The molecular formula is C33H51N5O4S. The second kappa shape index (κ2) is 16.3. The van der Waals surface area contributed by atoms with Gasteiger partial charge in [0.1, 0.15) is 12.1 Å². The third-order valence-electron chi connectivity index (χ3n) is 8.02. The molecule has 9 nitrogen and oxygen atoms in total. The number of amides is 3. The Bertz CT molecular complexity index is 1190. The zero-order valence-corrected chi connectivity index (χ0v) is 27.3. The van der Waals surface area contributed by atoms with Crippen LogP contribution in [0.3, 0.4) is 0 Å². The summed E-state index contributed by atoms with van der Waals surface area (Å²) in [6.45, 7) is 10.1. The Kier molecular flexibility index (Phi) is 13.1. The highest BCUT2D eigenvalue weighted by Gasteiger charge is 2.44. The molecule has 0 bridgehead atoms. The first kappa shape index (κ1) is 34.7. The number of carbonyl (C=O) groups excluding carboxylic acids is 3. The summed E-state index contributed by atoms with van der Waals surface area (Å²) in [5, 5.41) is 16.3. The quantitative estimate of drug-likeness (QED) is 0.215. The third-order valence-corrected chi connectivity index (χ3v) is 9.00. The van der Waals surface area contributed by atoms with Crippen molar-refractivity contribution in [1.82, 2.24) is 20.5 Å². The minimum absolute atomic E-state index is 0.0607. The number of β-amino-alcohol motifs (C(OH)–C–C–N with tert-alkyl or cyclic N) is 1. The molecule has 43 heavy (non-hydrogen) atoms. The van der Waals surface area contributed by atoms with E-state index in [0.717, 1.165) is 66.6 Å². The molecule has 3 amide bonds. The van der Waals surface area contributed by atoms with Crippen molar-refractivity contribution >= 4 is 29.1 Å². The summed E-state index contributed by atoms with van der Waals surface area (Å²) >= 11 is 1.59. The van der Waals surface area contributed by atoms with Gasteiger partial charge in [0.15, 0.2) is 0 Å². The van der Waals surface area contributed by atoms with Crippen LogP contribution in [0.15, 0.2) is 29.8 Å². The molecule has 1 aliphatic rings. The minimum Gasteiger partial charge on any atom is -0.391 e. The Morgan fingerprint density at radius 1 is 1.09 bits per heavy atom. The fraction of sp³-hybridized carbons (Fsp3) is 0.636. The lowest BCUT2D eigenvalue weighted by atomic mass is 9.85. The first-order valence-electron chi connectivity index (χ1n) is 15.7. The molecule has 2 aromatic rings. The van der Waals surface area contributed by atoms with Gasteiger partial charge in [-0.15, -0.1) is 11.3 Å². The zero-order chi connectivity index (χ0) is 31.6. The van der Waals surface area contributed by atoms with Gasteiger partial charge in [0.05, 0.1) is 22.2 Å². The summed E-state index contributed by atoms with van der Waals surface area (Å²) in [4.78, 5) is 46.8. The third kappa shape index (κ3) is 10.7. The van der Waals surface area contributed by atoms with E-state index in [4.69, 9.17) is 5.73 Å². The molecule has 4 atom stereocenters. The van der Waals surface area contributed by atoms with Crippen LogP contribution in [-0.2, 0) is 20.9 Å². The molecule has 0 radical (unpaired) electrons. The highest BCUT2D eigenvalue weighted by atomic mass is 32.1. The molecule has 1 saturated heterocycles. The fourth-order valence-corrected chi connectivity index (χ4v) is 6.28. The number of thiazole rings is 1. The minimum atomic E-state index is -0.804. The second-order valence-electron chi connectivity index (χ2n) is 13.1. The van der Waals surface area contributed by atoms with Crippen LogP contribution < -0.4 is 16.4 Å². The van der Waals surface area contributed by atoms with E-state index in [1.807, 2.05) is 64.4 Å². The van der Waals surface area contributed by atoms with Crippen molar-refractivity contribution in [2.24, 2.45) is 11.1 Å². The highest BCUT2D eigenvalue weighted by Crippen LogP contribution is 2.28. The van der Waals surface area contributed by atoms with Gasteiger partial charge in [0, 0.05) is 32.0 Å². The number of aryl methyl sites for hydroxylation is 1. The maximum absolute atomic E-state index is 13.8. The first-order chi connectivity index (χ1) is 20.4. The van der Waals surface area contributed by atoms with Crippen LogP contribution in [-0.4, -0.2) is 63.5 Å². The van der Waals surface area contributed by atoms with E-state index in [1.165, 1.54) is 4.90 Å². The van der Waals surface area contributed by atoms with Crippen LogP contribution in [0.5, 0.6) is 0 Å². The van der Waals surface area contributed by atoms with Gasteiger partial charge in [-0.2, -0.15) is 0 Å². The number of benzene rings is 1. The van der Waals surface area contributed by atoms with Crippen molar-refractivity contribution in [2.75, 3.05) is 6.54 Å². The molecule has 1 aliphatic heterocycles. The van der Waals surface area contributed by atoms with Crippen molar-refractivity contribution in [3.05, 3.63) is 41.0 Å². The van der Waals surface area contributed by atoms with Gasteiger partial charge in [-0.1, -0.05) is 77.1 Å². The van der Waals surface area contributed by atoms with Gasteiger partial charge in [0.2, 0.25) is 17.7 Å². The molecule has 238 valence electrons. The molecular weight excluding hydrogens is 562 g/mol. The summed E-state index contributed by atoms with van der Waals surface area (Å²) in [7, 11) is 0. The average Bonchev–Trinajstić information content (AvgIpc) is 3.56. The van der Waals surface area contributed by atoms with Gasteiger partial charge < -0.3 is 26.4 Å². The molecule has 0 spiro atoms. The normalized spacial score (nSPS) is 18.3. The summed E-state index contributed by atoms with van der Waals surface area (Å²) < 4.78 is 0. The maximum Gasteiger partial charge on any atom is 0.246 e. The number of unbranched alkanes of at least 4 members (excludes halogenated alkanes) is 5. The first-order valence-corrected chi connectivity index (χ1v) is 16.6. The molecule has 1 unspecified atom stereocenters. The van der Waals surface area contributed by atoms with Gasteiger partial charge >= 0.3 is 0 Å². The van der Waals surface area contributed by atoms with Gasteiger partial charge in [-0.3, -0.25) is 14.4 Å². The van der Waals surface area contributed by atoms with Gasteiger partial charge in [-0.05, 0) is 43.2 Å². The number of nitrogens with one attached hydrogen (secondary N) is 2. The summed E-state index contributed by atoms with van der Waals surface area (Å²) in [5.74, 6) is -0.814. The van der Waals surface area contributed by atoms with E-state index in [9.17, 15) is 19.5 Å². The smallest absolute Gasteiger partial charge is 0.246 e. The van der Waals surface area contributed by atoms with Gasteiger partial charge in [0.25, 0.3) is 0 Å². The number of aliphatic hydroxyl groups excluding tert-OH is 1. The second-order valence-corrected chi connectivity index (χ2v) is 13.9. The molecule has 10 heteroatoms. The highest BCUT2D eigenvalue weighted by molar-refractivity contribution is 7.13. The van der Waals surface area contributed by atoms with Crippen molar-refractivity contribution in [3.8, 4) is 10.4 Å². The number of likely N-dealkylation sites (tertiary alicyclic amines) is 1. The van der Waals surface area contributed by atoms with E-state index in [0.29, 0.717) is 13.0 Å². The summed E-state index contributed by atoms with van der Waals surface area (Å²) in [6, 6.07) is 6.60. The van der Waals surface area contributed by atoms with Crippen LogP contribution >= 0.6 is 11.3 Å². The number of aliphatic hydroxyl groups is 1. The summed E-state index contributed by atoms with van der Waals surface area (Å²) in [6.07, 6.45) is 7.00. The van der Waals surface area contributed by atoms with E-state index in [-0.39, 0.29) is 36.7 Å². The molecule has 1 aromatic heterocycles. The van der Waals surface area contributed by atoms with E-state index < -0.39 is 23.6 Å². The maximum atomic E-state index is 13.8. The number of carbonyl (C=O) groups is 3. The molecule has 1 fully saturated rings.